The highest BCUT2D eigenvalue weighted by atomic mass is 32.2. The van der Waals surface area contributed by atoms with Gasteiger partial charge in [0.05, 0.1) is 0 Å². The molecule has 1 amide bonds. The van der Waals surface area contributed by atoms with Crippen LogP contribution in [0.5, 0.6) is 0 Å². The van der Waals surface area contributed by atoms with Crippen molar-refractivity contribution in [2.75, 3.05) is 18.6 Å². The van der Waals surface area contributed by atoms with Gasteiger partial charge in [0.1, 0.15) is 0 Å². The fourth-order valence-electron chi connectivity index (χ4n) is 1.71. The van der Waals surface area contributed by atoms with Crippen LogP contribution in [0.2, 0.25) is 0 Å². The molecular formula is C14H22N2OS. The number of hydrogen-bond donors (Lipinski definition) is 0. The lowest BCUT2D eigenvalue weighted by molar-refractivity contribution is 0.0756. The minimum absolute atomic E-state index is 0.0958. The van der Waals surface area contributed by atoms with Gasteiger partial charge in [0.15, 0.2) is 0 Å². The van der Waals surface area contributed by atoms with E-state index in [1.807, 2.05) is 36.7 Å². The van der Waals surface area contributed by atoms with Crippen molar-refractivity contribution in [2.45, 2.75) is 33.2 Å². The highest BCUT2D eigenvalue weighted by Crippen LogP contribution is 2.14. The van der Waals surface area contributed by atoms with E-state index in [0.717, 1.165) is 29.1 Å². The van der Waals surface area contributed by atoms with Crippen LogP contribution in [-0.4, -0.2) is 40.4 Å². The van der Waals surface area contributed by atoms with Gasteiger partial charge in [-0.15, -0.1) is 0 Å². The average Bonchev–Trinajstić information content (AvgIpc) is 2.42. The zero-order chi connectivity index (χ0) is 13.5. The Morgan fingerprint density at radius 3 is 2.83 bits per heavy atom. The zero-order valence-electron chi connectivity index (χ0n) is 11.6. The summed E-state index contributed by atoms with van der Waals surface area (Å²) in [5.74, 6) is 2.16. The van der Waals surface area contributed by atoms with Gasteiger partial charge in [0, 0.05) is 36.8 Å². The van der Waals surface area contributed by atoms with Crippen molar-refractivity contribution in [3.63, 3.8) is 0 Å². The molecule has 3 nitrogen and oxygen atoms in total. The van der Waals surface area contributed by atoms with Crippen LogP contribution in [0.4, 0.5) is 0 Å². The molecule has 0 fully saturated rings. The summed E-state index contributed by atoms with van der Waals surface area (Å²) < 4.78 is 0. The Labute approximate surface area is 114 Å². The highest BCUT2D eigenvalue weighted by Gasteiger charge is 2.19. The molecule has 1 heterocycles. The van der Waals surface area contributed by atoms with Gasteiger partial charge in [0.25, 0.3) is 5.91 Å². The lowest BCUT2D eigenvalue weighted by atomic mass is 10.1. The Morgan fingerprint density at radius 1 is 1.50 bits per heavy atom. The fraction of sp³-hybridized carbons (Fsp3) is 0.571. The second-order valence-corrected chi connectivity index (χ2v) is 5.63. The van der Waals surface area contributed by atoms with Gasteiger partial charge < -0.3 is 4.90 Å². The van der Waals surface area contributed by atoms with Gasteiger partial charge in [0.2, 0.25) is 0 Å². The molecule has 0 unspecified atom stereocenters. The first kappa shape index (κ1) is 15.0. The van der Waals surface area contributed by atoms with Crippen LogP contribution in [-0.2, 0) is 6.42 Å². The Morgan fingerprint density at radius 2 is 2.22 bits per heavy atom. The minimum Gasteiger partial charge on any atom is -0.338 e. The van der Waals surface area contributed by atoms with Gasteiger partial charge in [-0.05, 0) is 30.7 Å². The molecule has 0 spiro atoms. The molecule has 1 aromatic heterocycles. The zero-order valence-corrected chi connectivity index (χ0v) is 12.5. The third-order valence-corrected chi connectivity index (χ3v) is 4.19. The summed E-state index contributed by atoms with van der Waals surface area (Å²) in [6, 6.07) is 2.07. The molecule has 0 saturated carbocycles. The summed E-state index contributed by atoms with van der Waals surface area (Å²) in [6.07, 6.45) is 4.30. The molecule has 0 saturated heterocycles. The van der Waals surface area contributed by atoms with Crippen molar-refractivity contribution in [1.82, 2.24) is 9.88 Å². The lowest BCUT2D eigenvalue weighted by Crippen LogP contribution is -2.37. The first-order valence-electron chi connectivity index (χ1n) is 6.39. The van der Waals surface area contributed by atoms with Crippen LogP contribution < -0.4 is 0 Å². The maximum absolute atomic E-state index is 12.4. The van der Waals surface area contributed by atoms with Crippen LogP contribution in [0.3, 0.4) is 0 Å². The molecule has 0 N–H and O–H groups in total. The van der Waals surface area contributed by atoms with Crippen LogP contribution in [0, 0.1) is 0 Å². The number of aromatic nitrogens is 1. The molecule has 0 aliphatic heterocycles. The number of thioether (sulfide) groups is 1. The largest absolute Gasteiger partial charge is 0.338 e. The van der Waals surface area contributed by atoms with Crippen molar-refractivity contribution in [3.05, 3.63) is 29.6 Å². The Bertz CT molecular complexity index is 395. The van der Waals surface area contributed by atoms with Gasteiger partial charge >= 0.3 is 0 Å². The van der Waals surface area contributed by atoms with E-state index in [1.165, 1.54) is 0 Å². The molecule has 18 heavy (non-hydrogen) atoms. The number of rotatable bonds is 6. The van der Waals surface area contributed by atoms with E-state index < -0.39 is 0 Å². The first-order chi connectivity index (χ1) is 8.61. The second kappa shape index (κ2) is 7.41. The number of carbonyl (C=O) groups excluding carboxylic acids is 1. The van der Waals surface area contributed by atoms with E-state index in [1.54, 1.807) is 12.4 Å². The average molecular weight is 266 g/mol. The smallest absolute Gasteiger partial charge is 0.254 e. The Hall–Kier alpha value is -1.03. The summed E-state index contributed by atoms with van der Waals surface area (Å²) in [5, 5.41) is 0. The summed E-state index contributed by atoms with van der Waals surface area (Å²) in [7, 11) is 1.88. The van der Waals surface area contributed by atoms with Crippen molar-refractivity contribution in [3.8, 4) is 0 Å². The normalized spacial score (nSPS) is 12.2. The molecule has 1 rings (SSSR count). The van der Waals surface area contributed by atoms with E-state index in [4.69, 9.17) is 0 Å². The van der Waals surface area contributed by atoms with E-state index >= 15 is 0 Å². The fourth-order valence-corrected chi connectivity index (χ4v) is 2.51. The van der Waals surface area contributed by atoms with Gasteiger partial charge in [-0.3, -0.25) is 9.78 Å². The standard InChI is InChI=1S/C14H22N2OS/c1-5-12-9-15-8-7-13(12)14(17)16(4)11(3)10-18-6-2/h7-9,11H,5-6,10H2,1-4H3/t11-/m1/s1. The van der Waals surface area contributed by atoms with E-state index in [2.05, 4.69) is 18.8 Å². The van der Waals surface area contributed by atoms with E-state index in [9.17, 15) is 4.79 Å². The number of aryl methyl sites for hydroxylation is 1. The summed E-state index contributed by atoms with van der Waals surface area (Å²) in [5.41, 5.74) is 1.80. The van der Waals surface area contributed by atoms with Crippen molar-refractivity contribution < 1.29 is 4.79 Å². The second-order valence-electron chi connectivity index (χ2n) is 4.31. The van der Waals surface area contributed by atoms with Gasteiger partial charge in [-0.25, -0.2) is 0 Å². The quantitative estimate of drug-likeness (QED) is 0.794. The molecule has 0 radical (unpaired) electrons. The molecule has 1 aromatic rings. The molecular weight excluding hydrogens is 244 g/mol. The minimum atomic E-state index is 0.0958. The third-order valence-electron chi connectivity index (χ3n) is 3.06. The monoisotopic (exact) mass is 266 g/mol. The maximum Gasteiger partial charge on any atom is 0.254 e. The predicted molar refractivity (Wildman–Crippen MR) is 78.2 cm³/mol. The highest BCUT2D eigenvalue weighted by molar-refractivity contribution is 7.99. The predicted octanol–water partition coefficient (Wildman–Crippen LogP) is 2.86. The van der Waals surface area contributed by atoms with Crippen molar-refractivity contribution >= 4 is 17.7 Å². The van der Waals surface area contributed by atoms with Crippen LogP contribution in [0.25, 0.3) is 0 Å². The van der Waals surface area contributed by atoms with Gasteiger partial charge in [-0.1, -0.05) is 13.8 Å². The SMILES string of the molecule is CCSC[C@@H](C)N(C)C(=O)c1ccncc1CC. The van der Waals surface area contributed by atoms with E-state index in [0.29, 0.717) is 0 Å². The summed E-state index contributed by atoms with van der Waals surface area (Å²) in [4.78, 5) is 18.3. The maximum atomic E-state index is 12.4. The summed E-state index contributed by atoms with van der Waals surface area (Å²) >= 11 is 1.86. The summed E-state index contributed by atoms with van der Waals surface area (Å²) in [6.45, 7) is 6.27. The number of hydrogen-bond acceptors (Lipinski definition) is 3. The number of carbonyl (C=O) groups is 1. The Balaban J connectivity index is 2.79. The molecule has 0 aromatic carbocycles. The number of nitrogens with zero attached hydrogens (tertiary/aromatic N) is 2. The third kappa shape index (κ3) is 3.73. The molecule has 0 aliphatic carbocycles. The molecule has 0 aliphatic rings. The van der Waals surface area contributed by atoms with Crippen molar-refractivity contribution in [1.29, 1.82) is 0 Å². The van der Waals surface area contributed by atoms with Crippen LogP contribution in [0.1, 0.15) is 36.7 Å². The lowest BCUT2D eigenvalue weighted by Gasteiger charge is -2.25. The number of amides is 1. The van der Waals surface area contributed by atoms with Crippen molar-refractivity contribution in [2.24, 2.45) is 0 Å². The van der Waals surface area contributed by atoms with Crippen LogP contribution >= 0.6 is 11.8 Å². The molecule has 1 atom stereocenters. The first-order valence-corrected chi connectivity index (χ1v) is 7.55. The van der Waals surface area contributed by atoms with Crippen LogP contribution in [0.15, 0.2) is 18.5 Å². The van der Waals surface area contributed by atoms with E-state index in [-0.39, 0.29) is 11.9 Å². The topological polar surface area (TPSA) is 33.2 Å². The molecule has 100 valence electrons. The molecule has 4 heteroatoms. The van der Waals surface area contributed by atoms with Gasteiger partial charge in [-0.2, -0.15) is 11.8 Å². The molecule has 0 bridgehead atoms. The Kier molecular flexibility index (Phi) is 6.19. The number of pyridine rings is 1.